The van der Waals surface area contributed by atoms with Crippen LogP contribution in [0.15, 0.2) is 0 Å². The first-order valence-corrected chi connectivity index (χ1v) is 15.1. The van der Waals surface area contributed by atoms with Crippen LogP contribution in [0.25, 0.3) is 0 Å². The fraction of sp³-hybridized carbons (Fsp3) is 1.00. The van der Waals surface area contributed by atoms with E-state index in [1.165, 1.54) is 0 Å². The summed E-state index contributed by atoms with van der Waals surface area (Å²) in [7, 11) is -3.79. The lowest BCUT2D eigenvalue weighted by molar-refractivity contribution is -0.0414. The maximum absolute atomic E-state index is 14.5. The highest BCUT2D eigenvalue weighted by atomic mass is 31.2. The Balaban J connectivity index is 6.30. The fourth-order valence-electron chi connectivity index (χ4n) is 4.22. The Labute approximate surface area is 201 Å². The van der Waals surface area contributed by atoms with Gasteiger partial charge in [0.15, 0.2) is 0 Å². The van der Waals surface area contributed by atoms with Crippen LogP contribution in [-0.2, 0) is 18.1 Å². The lowest BCUT2D eigenvalue weighted by atomic mass is 9.90. The zero-order chi connectivity index (χ0) is 25.1. The van der Waals surface area contributed by atoms with Crippen LogP contribution in [0.1, 0.15) is 122 Å². The van der Waals surface area contributed by atoms with Crippen molar-refractivity contribution in [1.82, 2.24) is 0 Å². The molecule has 194 valence electrons. The normalized spacial score (nSPS) is 22.8. The number of hydrogen-bond acceptors (Lipinski definition) is 4. The summed E-state index contributed by atoms with van der Waals surface area (Å²) in [5, 5.41) is 0. The van der Waals surface area contributed by atoms with Crippen molar-refractivity contribution in [1.29, 1.82) is 0 Å². The Bertz CT molecular complexity index is 424. The van der Waals surface area contributed by atoms with Gasteiger partial charge in [-0.15, -0.1) is 0 Å². The molecule has 0 aliphatic heterocycles. The molecule has 0 saturated heterocycles. The van der Waals surface area contributed by atoms with E-state index in [1.54, 1.807) is 0 Å². The number of hydrogen-bond donors (Lipinski definition) is 0. The first-order chi connectivity index (χ1) is 14.9. The highest BCUT2D eigenvalue weighted by Gasteiger charge is 2.43. The molecule has 0 bridgehead atoms. The standard InChI is InChI=1S/C27H57O4P/c1-13-19(7)25(20(8)14-2)29-32(28,30-26(21(9)15-3)22(10)16-4)31-27(23(11)17-5)24(12)18-6/h19-27H,13-18H2,1-12H3. The molecule has 0 aromatic rings. The van der Waals surface area contributed by atoms with Crippen LogP contribution >= 0.6 is 7.82 Å². The summed E-state index contributed by atoms with van der Waals surface area (Å²) < 4.78 is 34.0. The van der Waals surface area contributed by atoms with Crippen LogP contribution in [0.3, 0.4) is 0 Å². The van der Waals surface area contributed by atoms with E-state index in [4.69, 9.17) is 13.6 Å². The summed E-state index contributed by atoms with van der Waals surface area (Å²) in [6.07, 6.45) is 5.35. The van der Waals surface area contributed by atoms with Gasteiger partial charge in [0.25, 0.3) is 0 Å². The van der Waals surface area contributed by atoms with E-state index < -0.39 is 7.82 Å². The van der Waals surface area contributed by atoms with E-state index >= 15 is 0 Å². The molecule has 6 atom stereocenters. The first kappa shape index (κ1) is 32.1. The van der Waals surface area contributed by atoms with Crippen molar-refractivity contribution in [2.75, 3.05) is 0 Å². The van der Waals surface area contributed by atoms with Crippen LogP contribution in [0.5, 0.6) is 0 Å². The van der Waals surface area contributed by atoms with Crippen LogP contribution in [0, 0.1) is 35.5 Å². The Hall–Kier alpha value is 0.110. The Morgan fingerprint density at radius 3 is 0.719 bits per heavy atom. The summed E-state index contributed by atoms with van der Waals surface area (Å²) >= 11 is 0. The molecular weight excluding hydrogens is 419 g/mol. The van der Waals surface area contributed by atoms with Gasteiger partial charge in [0.1, 0.15) is 0 Å². The van der Waals surface area contributed by atoms with Gasteiger partial charge in [-0.25, -0.2) is 4.57 Å². The topological polar surface area (TPSA) is 44.8 Å². The Kier molecular flexibility index (Phi) is 16.0. The van der Waals surface area contributed by atoms with Gasteiger partial charge in [-0.1, -0.05) is 122 Å². The summed E-state index contributed by atoms with van der Waals surface area (Å²) in [6, 6.07) is 0. The Morgan fingerprint density at radius 1 is 0.438 bits per heavy atom. The molecule has 0 N–H and O–H groups in total. The molecule has 0 rings (SSSR count). The molecule has 0 radical (unpaired) electrons. The van der Waals surface area contributed by atoms with Crippen molar-refractivity contribution in [3.63, 3.8) is 0 Å². The molecule has 6 unspecified atom stereocenters. The van der Waals surface area contributed by atoms with E-state index in [0.29, 0.717) is 0 Å². The minimum Gasteiger partial charge on any atom is -0.283 e. The highest BCUT2D eigenvalue weighted by molar-refractivity contribution is 7.48. The third-order valence-corrected chi connectivity index (χ3v) is 9.49. The lowest BCUT2D eigenvalue weighted by Gasteiger charge is -2.38. The van der Waals surface area contributed by atoms with Gasteiger partial charge in [0.2, 0.25) is 0 Å². The molecule has 0 aliphatic rings. The van der Waals surface area contributed by atoms with E-state index in [2.05, 4.69) is 83.1 Å². The van der Waals surface area contributed by atoms with Gasteiger partial charge in [-0.3, -0.25) is 13.6 Å². The molecule has 32 heavy (non-hydrogen) atoms. The molecule has 0 heterocycles. The second-order valence-corrected chi connectivity index (χ2v) is 12.0. The minimum absolute atomic E-state index is 0.153. The zero-order valence-electron chi connectivity index (χ0n) is 23.5. The largest absolute Gasteiger partial charge is 0.475 e. The van der Waals surface area contributed by atoms with E-state index in [9.17, 15) is 4.57 Å². The summed E-state index contributed by atoms with van der Waals surface area (Å²) in [6.45, 7) is 26.1. The monoisotopic (exact) mass is 476 g/mol. The average Bonchev–Trinajstić information content (AvgIpc) is 2.81. The summed E-state index contributed by atoms with van der Waals surface area (Å²) in [5.74, 6) is 1.68. The van der Waals surface area contributed by atoms with E-state index in [-0.39, 0.29) is 53.8 Å². The maximum atomic E-state index is 14.5. The Morgan fingerprint density at radius 2 is 0.594 bits per heavy atom. The van der Waals surface area contributed by atoms with Crippen LogP contribution in [0.2, 0.25) is 0 Å². The molecule has 4 nitrogen and oxygen atoms in total. The average molecular weight is 477 g/mol. The van der Waals surface area contributed by atoms with Gasteiger partial charge in [-0.05, 0) is 35.5 Å². The number of phosphoric acid groups is 1. The van der Waals surface area contributed by atoms with Crippen molar-refractivity contribution in [3.8, 4) is 0 Å². The number of phosphoric ester groups is 1. The summed E-state index contributed by atoms with van der Waals surface area (Å²) in [5.41, 5.74) is 0. The third kappa shape index (κ3) is 9.77. The van der Waals surface area contributed by atoms with Gasteiger partial charge < -0.3 is 0 Å². The molecule has 0 aliphatic carbocycles. The quantitative estimate of drug-likeness (QED) is 0.185. The molecule has 5 heteroatoms. The zero-order valence-corrected chi connectivity index (χ0v) is 24.4. The molecule has 0 amide bonds. The second kappa shape index (κ2) is 15.9. The van der Waals surface area contributed by atoms with Gasteiger partial charge in [-0.2, -0.15) is 0 Å². The van der Waals surface area contributed by atoms with Crippen LogP contribution < -0.4 is 0 Å². The summed E-state index contributed by atoms with van der Waals surface area (Å²) in [4.78, 5) is 0. The molecule has 0 fully saturated rings. The van der Waals surface area contributed by atoms with Crippen molar-refractivity contribution in [2.24, 2.45) is 35.5 Å². The molecule has 0 saturated carbocycles. The molecule has 0 spiro atoms. The third-order valence-electron chi connectivity index (χ3n) is 7.98. The van der Waals surface area contributed by atoms with Crippen LogP contribution in [-0.4, -0.2) is 18.3 Å². The van der Waals surface area contributed by atoms with Gasteiger partial charge in [0, 0.05) is 0 Å². The molecule has 0 aromatic heterocycles. The smallest absolute Gasteiger partial charge is 0.283 e. The highest BCUT2D eigenvalue weighted by Crippen LogP contribution is 2.57. The van der Waals surface area contributed by atoms with Gasteiger partial charge in [0.05, 0.1) is 18.3 Å². The van der Waals surface area contributed by atoms with E-state index in [0.717, 1.165) is 38.5 Å². The van der Waals surface area contributed by atoms with E-state index in [1.807, 2.05) is 0 Å². The molecule has 0 aromatic carbocycles. The van der Waals surface area contributed by atoms with Crippen molar-refractivity contribution < 1.29 is 18.1 Å². The molecular formula is C27H57O4P. The van der Waals surface area contributed by atoms with Crippen molar-refractivity contribution in [2.45, 2.75) is 140 Å². The lowest BCUT2D eigenvalue weighted by Crippen LogP contribution is -2.35. The minimum atomic E-state index is -3.79. The fourth-order valence-corrected chi connectivity index (χ4v) is 6.51. The van der Waals surface area contributed by atoms with Crippen LogP contribution in [0.4, 0.5) is 0 Å². The van der Waals surface area contributed by atoms with Gasteiger partial charge >= 0.3 is 7.82 Å². The second-order valence-electron chi connectivity index (χ2n) is 10.5. The predicted molar refractivity (Wildman–Crippen MR) is 139 cm³/mol. The van der Waals surface area contributed by atoms with Crippen molar-refractivity contribution in [3.05, 3.63) is 0 Å². The maximum Gasteiger partial charge on any atom is 0.475 e. The van der Waals surface area contributed by atoms with Crippen molar-refractivity contribution >= 4 is 7.82 Å². The SMILES string of the molecule is CCC(C)C(OP(=O)(OC(C(C)CC)C(C)CC)OC(C(C)CC)C(C)CC)C(C)CC. The first-order valence-electron chi connectivity index (χ1n) is 13.6. The predicted octanol–water partition coefficient (Wildman–Crippen LogP) is 9.53. The number of rotatable bonds is 18.